The van der Waals surface area contributed by atoms with E-state index in [9.17, 15) is 4.79 Å². The van der Waals surface area contributed by atoms with E-state index in [0.717, 1.165) is 32.4 Å². The van der Waals surface area contributed by atoms with Gasteiger partial charge in [-0.1, -0.05) is 20.8 Å². The minimum absolute atomic E-state index is 0.232. The minimum atomic E-state index is -0.273. The average molecular weight is 256 g/mol. The number of piperidine rings is 1. The van der Waals surface area contributed by atoms with E-state index in [2.05, 4.69) is 12.2 Å². The number of aliphatic hydroxyl groups is 1. The second-order valence-electron chi connectivity index (χ2n) is 6.40. The Hall–Kier alpha value is -0.610. The molecule has 0 aliphatic carbocycles. The van der Waals surface area contributed by atoms with Gasteiger partial charge in [0.15, 0.2) is 0 Å². The Morgan fingerprint density at radius 2 is 1.94 bits per heavy atom. The normalized spacial score (nSPS) is 19.9. The molecule has 0 bridgehead atoms. The molecule has 0 saturated carbocycles. The van der Waals surface area contributed by atoms with Gasteiger partial charge in [-0.25, -0.2) is 0 Å². The number of carbonyl (C=O) groups is 1. The first-order valence-corrected chi connectivity index (χ1v) is 7.01. The summed E-state index contributed by atoms with van der Waals surface area (Å²) in [6.07, 6.45) is 2.82. The second-order valence-corrected chi connectivity index (χ2v) is 6.40. The predicted molar refractivity (Wildman–Crippen MR) is 73.4 cm³/mol. The van der Waals surface area contributed by atoms with Crippen LogP contribution < -0.4 is 5.32 Å². The molecule has 1 aliphatic rings. The van der Waals surface area contributed by atoms with Crippen LogP contribution in [0.4, 0.5) is 0 Å². The van der Waals surface area contributed by atoms with Gasteiger partial charge in [-0.3, -0.25) is 4.79 Å². The number of nitrogens with one attached hydrogen (secondary N) is 1. The molecular weight excluding hydrogens is 228 g/mol. The van der Waals surface area contributed by atoms with Gasteiger partial charge in [-0.05, 0) is 26.2 Å². The van der Waals surface area contributed by atoms with Crippen molar-refractivity contribution in [3.05, 3.63) is 0 Å². The highest BCUT2D eigenvalue weighted by molar-refractivity contribution is 5.81. The van der Waals surface area contributed by atoms with Crippen molar-refractivity contribution in [1.29, 1.82) is 0 Å². The SMILES string of the molecule is C[C@H](CCO)NC1CCN(C(=O)C(C)(C)C)CC1. The molecule has 4 heteroatoms. The monoisotopic (exact) mass is 256 g/mol. The summed E-state index contributed by atoms with van der Waals surface area (Å²) >= 11 is 0. The van der Waals surface area contributed by atoms with E-state index in [1.54, 1.807) is 0 Å². The second kappa shape index (κ2) is 6.53. The molecule has 0 aromatic carbocycles. The fourth-order valence-electron chi connectivity index (χ4n) is 2.40. The Balaban J connectivity index is 2.35. The summed E-state index contributed by atoms with van der Waals surface area (Å²) in [5, 5.41) is 12.4. The molecule has 106 valence electrons. The van der Waals surface area contributed by atoms with Gasteiger partial charge in [0.2, 0.25) is 5.91 Å². The van der Waals surface area contributed by atoms with Crippen molar-refractivity contribution in [1.82, 2.24) is 10.2 Å². The molecule has 1 saturated heterocycles. The van der Waals surface area contributed by atoms with Crippen molar-refractivity contribution in [3.8, 4) is 0 Å². The standard InChI is InChI=1S/C14H28N2O2/c1-11(7-10-17)15-12-5-8-16(9-6-12)13(18)14(2,3)4/h11-12,15,17H,5-10H2,1-4H3/t11-/m1/s1. The number of nitrogens with zero attached hydrogens (tertiary/aromatic N) is 1. The van der Waals surface area contributed by atoms with Crippen molar-refractivity contribution in [2.75, 3.05) is 19.7 Å². The predicted octanol–water partition coefficient (Wildman–Crippen LogP) is 1.38. The molecule has 0 aromatic rings. The van der Waals surface area contributed by atoms with Crippen LogP contribution in [-0.2, 0) is 4.79 Å². The van der Waals surface area contributed by atoms with Crippen molar-refractivity contribution >= 4 is 5.91 Å². The van der Waals surface area contributed by atoms with Crippen LogP contribution in [0.2, 0.25) is 0 Å². The molecule has 4 nitrogen and oxygen atoms in total. The van der Waals surface area contributed by atoms with Gasteiger partial charge >= 0.3 is 0 Å². The summed E-state index contributed by atoms with van der Waals surface area (Å²) < 4.78 is 0. The smallest absolute Gasteiger partial charge is 0.227 e. The Morgan fingerprint density at radius 3 is 2.39 bits per heavy atom. The fourth-order valence-corrected chi connectivity index (χ4v) is 2.40. The summed E-state index contributed by atoms with van der Waals surface area (Å²) in [6.45, 7) is 9.95. The number of likely N-dealkylation sites (tertiary alicyclic amines) is 1. The van der Waals surface area contributed by atoms with Gasteiger partial charge in [-0.2, -0.15) is 0 Å². The van der Waals surface area contributed by atoms with Crippen molar-refractivity contribution < 1.29 is 9.90 Å². The molecule has 1 heterocycles. The van der Waals surface area contributed by atoms with Crippen molar-refractivity contribution in [2.24, 2.45) is 5.41 Å². The number of rotatable bonds is 4. The number of hydrogen-bond donors (Lipinski definition) is 2. The van der Waals surface area contributed by atoms with Crippen LogP contribution in [0.25, 0.3) is 0 Å². The molecule has 1 atom stereocenters. The first-order chi connectivity index (χ1) is 8.34. The van der Waals surface area contributed by atoms with Gasteiger partial charge in [0.05, 0.1) is 0 Å². The van der Waals surface area contributed by atoms with E-state index in [4.69, 9.17) is 5.11 Å². The van der Waals surface area contributed by atoms with Gasteiger partial charge in [0.25, 0.3) is 0 Å². The third-order valence-electron chi connectivity index (χ3n) is 3.51. The number of hydrogen-bond acceptors (Lipinski definition) is 3. The molecule has 0 spiro atoms. The Labute approximate surface area is 111 Å². The highest BCUT2D eigenvalue weighted by atomic mass is 16.3. The molecule has 2 N–H and O–H groups in total. The Kier molecular flexibility index (Phi) is 5.60. The van der Waals surface area contributed by atoms with E-state index >= 15 is 0 Å². The fraction of sp³-hybridized carbons (Fsp3) is 0.929. The van der Waals surface area contributed by atoms with Crippen LogP contribution in [0, 0.1) is 5.41 Å². The van der Waals surface area contributed by atoms with Crippen LogP contribution in [0.3, 0.4) is 0 Å². The first-order valence-electron chi connectivity index (χ1n) is 7.01. The summed E-state index contributed by atoms with van der Waals surface area (Å²) in [7, 11) is 0. The molecular formula is C14H28N2O2. The molecule has 0 aromatic heterocycles. The lowest BCUT2D eigenvalue weighted by Gasteiger charge is -2.37. The zero-order chi connectivity index (χ0) is 13.8. The van der Waals surface area contributed by atoms with Crippen LogP contribution in [-0.4, -0.2) is 47.7 Å². The zero-order valence-corrected chi connectivity index (χ0v) is 12.2. The van der Waals surface area contributed by atoms with E-state index in [1.807, 2.05) is 25.7 Å². The number of carbonyl (C=O) groups excluding carboxylic acids is 1. The van der Waals surface area contributed by atoms with Crippen molar-refractivity contribution in [2.45, 2.75) is 59.0 Å². The third-order valence-corrected chi connectivity index (χ3v) is 3.51. The lowest BCUT2D eigenvalue weighted by molar-refractivity contribution is -0.140. The highest BCUT2D eigenvalue weighted by Gasteiger charge is 2.30. The van der Waals surface area contributed by atoms with Crippen LogP contribution in [0.15, 0.2) is 0 Å². The molecule has 1 rings (SSSR count). The summed E-state index contributed by atoms with van der Waals surface area (Å²) in [5.41, 5.74) is -0.273. The Bertz CT molecular complexity index is 265. The van der Waals surface area contributed by atoms with E-state index < -0.39 is 0 Å². The van der Waals surface area contributed by atoms with Gasteiger partial charge in [0.1, 0.15) is 0 Å². The number of amides is 1. The zero-order valence-electron chi connectivity index (χ0n) is 12.2. The average Bonchev–Trinajstić information content (AvgIpc) is 2.28. The maximum Gasteiger partial charge on any atom is 0.227 e. The summed E-state index contributed by atoms with van der Waals surface area (Å²) in [4.78, 5) is 14.1. The molecule has 0 unspecified atom stereocenters. The maximum atomic E-state index is 12.1. The molecule has 18 heavy (non-hydrogen) atoms. The van der Waals surface area contributed by atoms with Crippen LogP contribution >= 0.6 is 0 Å². The summed E-state index contributed by atoms with van der Waals surface area (Å²) in [5.74, 6) is 0.254. The molecule has 1 fully saturated rings. The highest BCUT2D eigenvalue weighted by Crippen LogP contribution is 2.21. The molecule has 0 radical (unpaired) electrons. The Morgan fingerprint density at radius 1 is 1.39 bits per heavy atom. The van der Waals surface area contributed by atoms with Gasteiger partial charge in [-0.15, -0.1) is 0 Å². The molecule has 1 aliphatic heterocycles. The van der Waals surface area contributed by atoms with Crippen LogP contribution in [0.5, 0.6) is 0 Å². The van der Waals surface area contributed by atoms with Crippen molar-refractivity contribution in [3.63, 3.8) is 0 Å². The number of aliphatic hydroxyl groups excluding tert-OH is 1. The molecule has 1 amide bonds. The topological polar surface area (TPSA) is 52.6 Å². The minimum Gasteiger partial charge on any atom is -0.396 e. The third kappa shape index (κ3) is 4.58. The summed E-state index contributed by atoms with van der Waals surface area (Å²) in [6, 6.07) is 0.834. The quantitative estimate of drug-likeness (QED) is 0.799. The van der Waals surface area contributed by atoms with E-state index in [0.29, 0.717) is 12.1 Å². The maximum absolute atomic E-state index is 12.1. The van der Waals surface area contributed by atoms with Gasteiger partial charge < -0.3 is 15.3 Å². The van der Waals surface area contributed by atoms with Crippen LogP contribution in [0.1, 0.15) is 47.0 Å². The first kappa shape index (κ1) is 15.4. The lowest BCUT2D eigenvalue weighted by Crippen LogP contribution is -2.49. The lowest BCUT2D eigenvalue weighted by atomic mass is 9.93. The van der Waals surface area contributed by atoms with Gasteiger partial charge in [0, 0.05) is 37.2 Å². The van der Waals surface area contributed by atoms with E-state index in [-0.39, 0.29) is 17.9 Å². The largest absolute Gasteiger partial charge is 0.396 e. The van der Waals surface area contributed by atoms with E-state index in [1.165, 1.54) is 0 Å².